The van der Waals surface area contributed by atoms with Crippen molar-refractivity contribution < 1.29 is 22.7 Å². The molecule has 0 bridgehead atoms. The van der Waals surface area contributed by atoms with Crippen LogP contribution in [0.4, 0.5) is 11.4 Å². The van der Waals surface area contributed by atoms with Crippen LogP contribution in [0.2, 0.25) is 0 Å². The van der Waals surface area contributed by atoms with Crippen LogP contribution in [-0.4, -0.2) is 51.5 Å². The number of nitrogens with zero attached hydrogens (tertiary/aromatic N) is 1. The number of carbonyl (C=O) groups excluding carboxylic acids is 1. The number of hydrogen-bond donors (Lipinski definition) is 2. The minimum absolute atomic E-state index is 0.0188. The topological polar surface area (TPSA) is 97.0 Å². The van der Waals surface area contributed by atoms with Crippen LogP contribution in [0.1, 0.15) is 5.56 Å². The molecule has 8 nitrogen and oxygen atoms in total. The van der Waals surface area contributed by atoms with E-state index in [1.54, 1.807) is 12.1 Å². The lowest BCUT2D eigenvalue weighted by molar-refractivity contribution is -0.114. The molecule has 0 unspecified atom stereocenters. The predicted molar refractivity (Wildman–Crippen MR) is 131 cm³/mol. The molecule has 1 saturated heterocycles. The van der Waals surface area contributed by atoms with Crippen molar-refractivity contribution in [1.82, 2.24) is 4.31 Å². The van der Waals surface area contributed by atoms with Gasteiger partial charge in [-0.25, -0.2) is 8.42 Å². The predicted octanol–water partition coefficient (Wildman–Crippen LogP) is 3.86. The van der Waals surface area contributed by atoms with E-state index in [9.17, 15) is 13.2 Å². The Morgan fingerprint density at radius 3 is 2.44 bits per heavy atom. The summed E-state index contributed by atoms with van der Waals surface area (Å²) in [6, 6.07) is 21.5. The fraction of sp³-hybridized carbons (Fsp3) is 0.240. The summed E-state index contributed by atoms with van der Waals surface area (Å²) < 4.78 is 38.5. The number of carbonyl (C=O) groups is 1. The molecule has 0 atom stereocenters. The third-order valence-corrected chi connectivity index (χ3v) is 7.28. The van der Waals surface area contributed by atoms with Gasteiger partial charge < -0.3 is 20.1 Å². The summed E-state index contributed by atoms with van der Waals surface area (Å²) in [4.78, 5) is 12.8. The van der Waals surface area contributed by atoms with Crippen molar-refractivity contribution in [3.63, 3.8) is 0 Å². The maximum Gasteiger partial charge on any atom is 0.243 e. The highest BCUT2D eigenvalue weighted by atomic mass is 32.2. The normalized spacial score (nSPS) is 14.4. The number of ether oxygens (including phenoxy) is 2. The molecule has 1 amide bonds. The number of anilines is 2. The van der Waals surface area contributed by atoms with Gasteiger partial charge >= 0.3 is 0 Å². The van der Waals surface area contributed by atoms with Gasteiger partial charge in [0, 0.05) is 18.8 Å². The number of aryl methyl sites for hydroxylation is 1. The lowest BCUT2D eigenvalue weighted by Crippen LogP contribution is -2.40. The average Bonchev–Trinajstić information content (AvgIpc) is 2.86. The fourth-order valence-electron chi connectivity index (χ4n) is 3.52. The molecule has 1 aliphatic heterocycles. The van der Waals surface area contributed by atoms with Crippen LogP contribution in [-0.2, 0) is 19.6 Å². The first-order chi connectivity index (χ1) is 16.4. The highest BCUT2D eigenvalue weighted by Crippen LogP contribution is 2.29. The SMILES string of the molecule is Cc1ccc(S(=O)(=O)N2CCOCC2)cc1NC(=O)CNc1ccccc1Oc1ccccc1. The number of nitrogens with one attached hydrogen (secondary N) is 2. The van der Waals surface area contributed by atoms with E-state index in [0.717, 1.165) is 5.56 Å². The largest absolute Gasteiger partial charge is 0.455 e. The highest BCUT2D eigenvalue weighted by Gasteiger charge is 2.26. The Kier molecular flexibility index (Phi) is 7.46. The second-order valence-electron chi connectivity index (χ2n) is 7.81. The van der Waals surface area contributed by atoms with Crippen LogP contribution in [0.15, 0.2) is 77.7 Å². The van der Waals surface area contributed by atoms with E-state index >= 15 is 0 Å². The van der Waals surface area contributed by atoms with Gasteiger partial charge in [0.25, 0.3) is 0 Å². The summed E-state index contributed by atoms with van der Waals surface area (Å²) in [5, 5.41) is 5.91. The first-order valence-electron chi connectivity index (χ1n) is 11.0. The summed E-state index contributed by atoms with van der Waals surface area (Å²) in [6.07, 6.45) is 0. The number of sulfonamides is 1. The maximum absolute atomic E-state index is 13.0. The maximum atomic E-state index is 13.0. The molecular weight excluding hydrogens is 454 g/mol. The molecule has 34 heavy (non-hydrogen) atoms. The molecule has 3 aromatic rings. The Labute approximate surface area is 199 Å². The Morgan fingerprint density at radius 2 is 1.68 bits per heavy atom. The van der Waals surface area contributed by atoms with E-state index in [4.69, 9.17) is 9.47 Å². The van der Waals surface area contributed by atoms with Gasteiger partial charge in [-0.05, 0) is 48.9 Å². The third kappa shape index (κ3) is 5.74. The molecule has 1 aliphatic rings. The molecule has 1 heterocycles. The first-order valence-corrected chi connectivity index (χ1v) is 12.4. The molecule has 1 fully saturated rings. The lowest BCUT2D eigenvalue weighted by Gasteiger charge is -2.26. The van der Waals surface area contributed by atoms with Gasteiger partial charge in [-0.15, -0.1) is 0 Å². The van der Waals surface area contributed by atoms with Crippen LogP contribution in [0, 0.1) is 6.92 Å². The van der Waals surface area contributed by atoms with Crippen LogP contribution < -0.4 is 15.4 Å². The monoisotopic (exact) mass is 481 g/mol. The van der Waals surface area contributed by atoms with Crippen molar-refractivity contribution in [1.29, 1.82) is 0 Å². The van der Waals surface area contributed by atoms with E-state index in [2.05, 4.69) is 10.6 Å². The Balaban J connectivity index is 1.43. The summed E-state index contributed by atoms with van der Waals surface area (Å²) in [5.41, 5.74) is 1.89. The van der Waals surface area contributed by atoms with Crippen molar-refractivity contribution >= 4 is 27.3 Å². The minimum Gasteiger partial charge on any atom is -0.455 e. The standard InChI is InChI=1S/C25H27N3O5S/c1-19-11-12-21(34(30,31)28-13-15-32-16-14-28)17-23(19)27-25(29)18-26-22-9-5-6-10-24(22)33-20-7-3-2-4-8-20/h2-12,17,26H,13-16,18H2,1H3,(H,27,29). The fourth-order valence-corrected chi connectivity index (χ4v) is 4.95. The van der Waals surface area contributed by atoms with Gasteiger partial charge in [0.2, 0.25) is 15.9 Å². The second-order valence-corrected chi connectivity index (χ2v) is 9.74. The molecule has 0 aliphatic carbocycles. The number of hydrogen-bond acceptors (Lipinski definition) is 6. The molecule has 0 aromatic heterocycles. The Bertz CT molecular complexity index is 1240. The number of para-hydroxylation sites is 3. The number of morpholine rings is 1. The van der Waals surface area contributed by atoms with Gasteiger partial charge in [-0.2, -0.15) is 4.31 Å². The molecule has 3 aromatic carbocycles. The van der Waals surface area contributed by atoms with Crippen molar-refractivity contribution in [2.45, 2.75) is 11.8 Å². The zero-order valence-electron chi connectivity index (χ0n) is 18.9. The van der Waals surface area contributed by atoms with Crippen molar-refractivity contribution in [3.05, 3.63) is 78.4 Å². The Morgan fingerprint density at radius 1 is 0.971 bits per heavy atom. The van der Waals surface area contributed by atoms with Gasteiger partial charge in [0.05, 0.1) is 30.3 Å². The second kappa shape index (κ2) is 10.7. The van der Waals surface area contributed by atoms with Gasteiger partial charge in [0.1, 0.15) is 5.75 Å². The van der Waals surface area contributed by atoms with Crippen LogP contribution >= 0.6 is 0 Å². The zero-order chi connectivity index (χ0) is 24.0. The summed E-state index contributed by atoms with van der Waals surface area (Å²) >= 11 is 0. The lowest BCUT2D eigenvalue weighted by atomic mass is 10.2. The number of amides is 1. The van der Waals surface area contributed by atoms with Gasteiger partial charge in [-0.3, -0.25) is 4.79 Å². The summed E-state index contributed by atoms with van der Waals surface area (Å²) in [7, 11) is -3.66. The molecule has 4 rings (SSSR count). The molecular formula is C25H27N3O5S. The van der Waals surface area contributed by atoms with Crippen LogP contribution in [0.3, 0.4) is 0 Å². The molecule has 178 valence electrons. The minimum atomic E-state index is -3.66. The molecule has 0 radical (unpaired) electrons. The van der Waals surface area contributed by atoms with E-state index in [1.807, 2.05) is 61.5 Å². The number of benzene rings is 3. The highest BCUT2D eigenvalue weighted by molar-refractivity contribution is 7.89. The third-order valence-electron chi connectivity index (χ3n) is 5.39. The molecule has 2 N–H and O–H groups in total. The Hall–Kier alpha value is -3.40. The quantitative estimate of drug-likeness (QED) is 0.507. The van der Waals surface area contributed by atoms with Crippen molar-refractivity contribution in [3.8, 4) is 11.5 Å². The van der Waals surface area contributed by atoms with E-state index in [-0.39, 0.29) is 17.3 Å². The average molecular weight is 482 g/mol. The van der Waals surface area contributed by atoms with Gasteiger partial charge in [0.15, 0.2) is 5.75 Å². The van der Waals surface area contributed by atoms with E-state index < -0.39 is 10.0 Å². The van der Waals surface area contributed by atoms with Crippen molar-refractivity contribution in [2.24, 2.45) is 0 Å². The van der Waals surface area contributed by atoms with Crippen molar-refractivity contribution in [2.75, 3.05) is 43.5 Å². The molecule has 0 spiro atoms. The summed E-state index contributed by atoms with van der Waals surface area (Å²) in [5.74, 6) is 0.977. The molecule has 9 heteroatoms. The summed E-state index contributed by atoms with van der Waals surface area (Å²) in [6.45, 7) is 3.16. The first kappa shape index (κ1) is 23.7. The van der Waals surface area contributed by atoms with E-state index in [0.29, 0.717) is 49.2 Å². The number of rotatable bonds is 8. The van der Waals surface area contributed by atoms with Gasteiger partial charge in [-0.1, -0.05) is 36.4 Å². The van der Waals surface area contributed by atoms with E-state index in [1.165, 1.54) is 10.4 Å². The smallest absolute Gasteiger partial charge is 0.243 e. The molecule has 0 saturated carbocycles. The van der Waals surface area contributed by atoms with Crippen LogP contribution in [0.5, 0.6) is 11.5 Å². The zero-order valence-corrected chi connectivity index (χ0v) is 19.7. The van der Waals surface area contributed by atoms with Crippen LogP contribution in [0.25, 0.3) is 0 Å².